The number of terminal acetylenes is 1. The molecule has 1 atom stereocenters. The number of rotatable bonds is 2. The predicted molar refractivity (Wildman–Crippen MR) is 62.2 cm³/mol. The van der Waals surface area contributed by atoms with Crippen LogP contribution in [0.5, 0.6) is 0 Å². The third-order valence-electron chi connectivity index (χ3n) is 2.15. The largest absolute Gasteiger partial charge is 0.417 e. The van der Waals surface area contributed by atoms with Crippen LogP contribution in [-0.2, 0) is 6.18 Å². The van der Waals surface area contributed by atoms with Crippen LogP contribution in [0.2, 0.25) is 5.02 Å². The molecule has 2 nitrogen and oxygen atoms in total. The lowest BCUT2D eigenvalue weighted by Gasteiger charge is -2.13. The number of halogens is 4. The second kappa shape index (κ2) is 5.32. The van der Waals surface area contributed by atoms with Gasteiger partial charge in [0.05, 0.1) is 22.2 Å². The van der Waals surface area contributed by atoms with Crippen molar-refractivity contribution < 1.29 is 18.0 Å². The van der Waals surface area contributed by atoms with E-state index in [1.807, 2.05) is 0 Å². The van der Waals surface area contributed by atoms with Crippen molar-refractivity contribution in [2.45, 2.75) is 19.1 Å². The predicted octanol–water partition coefficient (Wildman–Crippen LogP) is 3.11. The molecule has 0 radical (unpaired) electrons. The number of alkyl halides is 3. The van der Waals surface area contributed by atoms with Crippen molar-refractivity contribution in [3.63, 3.8) is 0 Å². The number of nitrogens with one attached hydrogen (secondary N) is 1. The highest BCUT2D eigenvalue weighted by molar-refractivity contribution is 6.34. The van der Waals surface area contributed by atoms with Gasteiger partial charge in [0, 0.05) is 0 Å². The number of hydrogen-bond acceptors (Lipinski definition) is 1. The Morgan fingerprint density at radius 3 is 2.61 bits per heavy atom. The lowest BCUT2D eigenvalue weighted by atomic mass is 10.1. The summed E-state index contributed by atoms with van der Waals surface area (Å²) in [7, 11) is 0. The molecule has 96 valence electrons. The first kappa shape index (κ1) is 14.4. The molecule has 0 saturated carbocycles. The molecule has 0 spiro atoms. The molecule has 1 aromatic carbocycles. The van der Waals surface area contributed by atoms with Gasteiger partial charge in [0.15, 0.2) is 0 Å². The minimum absolute atomic E-state index is 0.256. The monoisotopic (exact) mass is 275 g/mol. The molecule has 1 rings (SSSR count). The van der Waals surface area contributed by atoms with E-state index in [1.54, 1.807) is 0 Å². The highest BCUT2D eigenvalue weighted by Gasteiger charge is 2.34. The highest BCUT2D eigenvalue weighted by atomic mass is 35.5. The Hall–Kier alpha value is -1.67. The van der Waals surface area contributed by atoms with Crippen LogP contribution in [0.4, 0.5) is 13.2 Å². The van der Waals surface area contributed by atoms with E-state index in [1.165, 1.54) is 13.0 Å². The highest BCUT2D eigenvalue weighted by Crippen LogP contribution is 2.36. The van der Waals surface area contributed by atoms with Gasteiger partial charge in [-0.2, -0.15) is 13.2 Å². The van der Waals surface area contributed by atoms with Gasteiger partial charge >= 0.3 is 6.18 Å². The van der Waals surface area contributed by atoms with Gasteiger partial charge in [0.25, 0.3) is 5.91 Å². The number of benzene rings is 1. The standard InChI is InChI=1S/C12H9ClF3NO/c1-3-7(2)17-11(18)8-5-4-6-9(10(8)13)12(14,15)16/h1,4-7H,2H3,(H,17,18)/t7-/m1/s1. The lowest BCUT2D eigenvalue weighted by molar-refractivity contribution is -0.137. The summed E-state index contributed by atoms with van der Waals surface area (Å²) in [4.78, 5) is 11.7. The molecule has 1 amide bonds. The van der Waals surface area contributed by atoms with Crippen LogP contribution in [0.25, 0.3) is 0 Å². The molecule has 6 heteroatoms. The first-order valence-corrected chi connectivity index (χ1v) is 5.28. The van der Waals surface area contributed by atoms with Crippen molar-refractivity contribution in [1.82, 2.24) is 5.32 Å². The molecule has 0 unspecified atom stereocenters. The summed E-state index contributed by atoms with van der Waals surface area (Å²) in [5, 5.41) is 1.71. The zero-order valence-corrected chi connectivity index (χ0v) is 10.1. The summed E-state index contributed by atoms with van der Waals surface area (Å²) in [5.74, 6) is 1.49. The SMILES string of the molecule is C#C[C@@H](C)NC(=O)c1cccc(C(F)(F)F)c1Cl. The molecule has 0 aliphatic heterocycles. The van der Waals surface area contributed by atoms with Crippen LogP contribution < -0.4 is 5.32 Å². The third kappa shape index (κ3) is 3.17. The second-order valence-corrected chi connectivity index (χ2v) is 3.90. The van der Waals surface area contributed by atoms with E-state index in [2.05, 4.69) is 11.2 Å². The quantitative estimate of drug-likeness (QED) is 0.826. The fraction of sp³-hybridized carbons (Fsp3) is 0.250. The summed E-state index contributed by atoms with van der Waals surface area (Å²) < 4.78 is 37.7. The molecule has 0 aromatic heterocycles. The van der Waals surface area contributed by atoms with Crippen molar-refractivity contribution in [1.29, 1.82) is 0 Å². The first-order valence-electron chi connectivity index (χ1n) is 4.90. The van der Waals surface area contributed by atoms with Gasteiger partial charge < -0.3 is 5.32 Å². The molecule has 0 fully saturated rings. The summed E-state index contributed by atoms with van der Waals surface area (Å²) in [6, 6.07) is 2.53. The topological polar surface area (TPSA) is 29.1 Å². The molecule has 0 bridgehead atoms. The van der Waals surface area contributed by atoms with Crippen LogP contribution in [-0.4, -0.2) is 11.9 Å². The van der Waals surface area contributed by atoms with E-state index < -0.39 is 28.7 Å². The minimum Gasteiger partial charge on any atom is -0.339 e. The Kier molecular flexibility index (Phi) is 4.25. The molecule has 0 heterocycles. The maximum absolute atomic E-state index is 12.6. The van der Waals surface area contributed by atoms with Crippen LogP contribution in [0.3, 0.4) is 0 Å². The van der Waals surface area contributed by atoms with E-state index in [4.69, 9.17) is 18.0 Å². The molecule has 1 N–H and O–H groups in total. The number of carbonyl (C=O) groups excluding carboxylic acids is 1. The molecular formula is C12H9ClF3NO. The van der Waals surface area contributed by atoms with Gasteiger partial charge in [0.1, 0.15) is 0 Å². The maximum atomic E-state index is 12.6. The Morgan fingerprint density at radius 2 is 2.11 bits per heavy atom. The number of amides is 1. The maximum Gasteiger partial charge on any atom is 0.417 e. The summed E-state index contributed by atoms with van der Waals surface area (Å²) >= 11 is 5.58. The summed E-state index contributed by atoms with van der Waals surface area (Å²) in [5.41, 5.74) is -1.31. The molecule has 0 aliphatic carbocycles. The number of carbonyl (C=O) groups is 1. The fourth-order valence-corrected chi connectivity index (χ4v) is 1.56. The third-order valence-corrected chi connectivity index (χ3v) is 2.55. The Balaban J connectivity index is 3.13. The van der Waals surface area contributed by atoms with E-state index in [-0.39, 0.29) is 5.56 Å². The molecule has 1 aromatic rings. The van der Waals surface area contributed by atoms with Gasteiger partial charge in [-0.25, -0.2) is 0 Å². The Labute approximate surface area is 107 Å². The number of hydrogen-bond donors (Lipinski definition) is 1. The zero-order chi connectivity index (χ0) is 13.9. The van der Waals surface area contributed by atoms with Gasteiger partial charge in [-0.05, 0) is 19.1 Å². The molecule has 0 aliphatic rings. The lowest BCUT2D eigenvalue weighted by Crippen LogP contribution is -2.31. The fourth-order valence-electron chi connectivity index (χ4n) is 1.24. The van der Waals surface area contributed by atoms with Gasteiger partial charge in [0.2, 0.25) is 0 Å². The van der Waals surface area contributed by atoms with Gasteiger partial charge in [-0.1, -0.05) is 23.6 Å². The van der Waals surface area contributed by atoms with E-state index >= 15 is 0 Å². The minimum atomic E-state index is -4.61. The summed E-state index contributed by atoms with van der Waals surface area (Å²) in [6.07, 6.45) is 0.452. The van der Waals surface area contributed by atoms with Gasteiger partial charge in [-0.15, -0.1) is 6.42 Å². The van der Waals surface area contributed by atoms with Gasteiger partial charge in [-0.3, -0.25) is 4.79 Å². The van der Waals surface area contributed by atoms with Crippen LogP contribution in [0.1, 0.15) is 22.8 Å². The molecular weight excluding hydrogens is 267 g/mol. The van der Waals surface area contributed by atoms with E-state index in [0.717, 1.165) is 12.1 Å². The van der Waals surface area contributed by atoms with Crippen molar-refractivity contribution in [3.8, 4) is 12.3 Å². The Morgan fingerprint density at radius 1 is 1.50 bits per heavy atom. The smallest absolute Gasteiger partial charge is 0.339 e. The average Bonchev–Trinajstić information content (AvgIpc) is 2.27. The second-order valence-electron chi connectivity index (χ2n) is 3.53. The average molecular weight is 276 g/mol. The van der Waals surface area contributed by atoms with Crippen LogP contribution in [0.15, 0.2) is 18.2 Å². The van der Waals surface area contributed by atoms with E-state index in [0.29, 0.717) is 0 Å². The first-order chi connectivity index (χ1) is 8.27. The van der Waals surface area contributed by atoms with Crippen molar-refractivity contribution >= 4 is 17.5 Å². The van der Waals surface area contributed by atoms with Crippen molar-refractivity contribution in [3.05, 3.63) is 34.3 Å². The normalized spacial score (nSPS) is 12.7. The van der Waals surface area contributed by atoms with E-state index in [9.17, 15) is 18.0 Å². The zero-order valence-electron chi connectivity index (χ0n) is 9.31. The molecule has 18 heavy (non-hydrogen) atoms. The van der Waals surface area contributed by atoms with Crippen LogP contribution >= 0.6 is 11.6 Å². The van der Waals surface area contributed by atoms with Crippen LogP contribution in [0, 0.1) is 12.3 Å². The molecule has 0 saturated heterocycles. The van der Waals surface area contributed by atoms with Crippen molar-refractivity contribution in [2.75, 3.05) is 0 Å². The van der Waals surface area contributed by atoms with Crippen molar-refractivity contribution in [2.24, 2.45) is 0 Å². The Bertz CT molecular complexity index is 505. The summed E-state index contributed by atoms with van der Waals surface area (Å²) in [6.45, 7) is 1.53.